The third kappa shape index (κ3) is 2.72. The minimum absolute atomic E-state index is 0.587. The van der Waals surface area contributed by atoms with Crippen LogP contribution in [-0.2, 0) is 0 Å². The van der Waals surface area contributed by atoms with Crippen LogP contribution in [0.15, 0.2) is 18.3 Å². The van der Waals surface area contributed by atoms with E-state index in [1.807, 2.05) is 12.1 Å². The number of rotatable bonds is 3. The summed E-state index contributed by atoms with van der Waals surface area (Å²) in [5.41, 5.74) is 0.699. The van der Waals surface area contributed by atoms with Gasteiger partial charge in [-0.1, -0.05) is 11.6 Å². The highest BCUT2D eigenvalue weighted by atomic mass is 35.5. The van der Waals surface area contributed by atoms with Crippen molar-refractivity contribution in [1.82, 2.24) is 10.3 Å². The van der Waals surface area contributed by atoms with Crippen molar-refractivity contribution < 1.29 is 0 Å². The first-order chi connectivity index (χ1) is 8.26. The summed E-state index contributed by atoms with van der Waals surface area (Å²) in [5, 5.41) is 7.64. The van der Waals surface area contributed by atoms with Gasteiger partial charge < -0.3 is 10.6 Å². The molecule has 0 bridgehead atoms. The summed E-state index contributed by atoms with van der Waals surface area (Å²) in [7, 11) is 0. The predicted octanol–water partition coefficient (Wildman–Crippen LogP) is 2.68. The van der Waals surface area contributed by atoms with E-state index in [9.17, 15) is 0 Å². The number of nitrogens with one attached hydrogen (secondary N) is 2. The number of nitrogens with zero attached hydrogens (tertiary/aromatic N) is 1. The lowest BCUT2D eigenvalue weighted by Crippen LogP contribution is -2.43. The molecule has 2 N–H and O–H groups in total. The summed E-state index contributed by atoms with van der Waals surface area (Å²) in [6.45, 7) is 2.12. The monoisotopic (exact) mass is 251 g/mol. The van der Waals surface area contributed by atoms with Crippen LogP contribution >= 0.6 is 11.6 Å². The van der Waals surface area contributed by atoms with Crippen LogP contribution in [0.5, 0.6) is 0 Å². The van der Waals surface area contributed by atoms with Crippen LogP contribution in [0.4, 0.5) is 5.82 Å². The zero-order chi connectivity index (χ0) is 11.7. The summed E-state index contributed by atoms with van der Waals surface area (Å²) in [6.07, 6.45) is 7.23. The molecular weight excluding hydrogens is 234 g/mol. The smallest absolute Gasteiger partial charge is 0.126 e. The zero-order valence-corrected chi connectivity index (χ0v) is 10.6. The summed E-state index contributed by atoms with van der Waals surface area (Å²) in [6, 6.07) is 4.38. The van der Waals surface area contributed by atoms with E-state index in [1.165, 1.54) is 32.2 Å². The standard InChI is InChI=1S/C13H18ClN3/c14-10-1-2-12(16-8-10)17-9-11-7-13(3-4-13)5-6-15-11/h1-2,8,11,15H,3-7,9H2,(H,16,17). The quantitative estimate of drug-likeness (QED) is 0.867. The number of piperidine rings is 1. The molecule has 0 radical (unpaired) electrons. The minimum atomic E-state index is 0.587. The van der Waals surface area contributed by atoms with Gasteiger partial charge in [0.2, 0.25) is 0 Å². The van der Waals surface area contributed by atoms with Crippen LogP contribution < -0.4 is 10.6 Å². The van der Waals surface area contributed by atoms with Crippen molar-refractivity contribution in [3.63, 3.8) is 0 Å². The maximum Gasteiger partial charge on any atom is 0.126 e. The molecule has 1 saturated carbocycles. The molecule has 3 nitrogen and oxygen atoms in total. The molecule has 1 aliphatic heterocycles. The van der Waals surface area contributed by atoms with Gasteiger partial charge in [-0.05, 0) is 49.8 Å². The molecule has 2 heterocycles. The third-order valence-corrected chi connectivity index (χ3v) is 4.21. The van der Waals surface area contributed by atoms with Crippen molar-refractivity contribution >= 4 is 17.4 Å². The lowest BCUT2D eigenvalue weighted by atomic mass is 9.89. The van der Waals surface area contributed by atoms with E-state index < -0.39 is 0 Å². The number of hydrogen-bond donors (Lipinski definition) is 2. The normalized spacial score (nSPS) is 25.8. The lowest BCUT2D eigenvalue weighted by Gasteiger charge is -2.30. The Bertz CT molecular complexity index is 386. The molecular formula is C13H18ClN3. The minimum Gasteiger partial charge on any atom is -0.369 e. The molecule has 2 fully saturated rings. The van der Waals surface area contributed by atoms with Gasteiger partial charge in [-0.3, -0.25) is 0 Å². The SMILES string of the molecule is Clc1ccc(NCC2CC3(CCN2)CC3)nc1. The van der Waals surface area contributed by atoms with Crippen molar-refractivity contribution in [2.24, 2.45) is 5.41 Å². The Morgan fingerprint density at radius 3 is 3.00 bits per heavy atom. The molecule has 0 aromatic carbocycles. The first-order valence-electron chi connectivity index (χ1n) is 6.35. The molecule has 1 spiro atoms. The highest BCUT2D eigenvalue weighted by Gasteiger charge is 2.45. The van der Waals surface area contributed by atoms with Gasteiger partial charge in [-0.25, -0.2) is 4.98 Å². The average molecular weight is 252 g/mol. The van der Waals surface area contributed by atoms with Gasteiger partial charge in [0, 0.05) is 18.8 Å². The first kappa shape index (κ1) is 11.3. The second-order valence-electron chi connectivity index (χ2n) is 5.35. The number of aromatic nitrogens is 1. The van der Waals surface area contributed by atoms with Crippen molar-refractivity contribution in [2.75, 3.05) is 18.4 Å². The van der Waals surface area contributed by atoms with Crippen LogP contribution in [0.2, 0.25) is 5.02 Å². The Hall–Kier alpha value is -0.800. The number of anilines is 1. The topological polar surface area (TPSA) is 37.0 Å². The van der Waals surface area contributed by atoms with Gasteiger partial charge in [0.15, 0.2) is 0 Å². The molecule has 92 valence electrons. The fourth-order valence-electron chi connectivity index (χ4n) is 2.72. The van der Waals surface area contributed by atoms with Gasteiger partial charge in [0.1, 0.15) is 5.82 Å². The number of pyridine rings is 1. The van der Waals surface area contributed by atoms with Crippen LogP contribution in [0.25, 0.3) is 0 Å². The van der Waals surface area contributed by atoms with Crippen molar-refractivity contribution in [1.29, 1.82) is 0 Å². The summed E-state index contributed by atoms with van der Waals surface area (Å²) in [4.78, 5) is 4.24. The van der Waals surface area contributed by atoms with Crippen molar-refractivity contribution in [3.8, 4) is 0 Å². The second-order valence-corrected chi connectivity index (χ2v) is 5.78. The van der Waals surface area contributed by atoms with Gasteiger partial charge in [-0.2, -0.15) is 0 Å². The van der Waals surface area contributed by atoms with E-state index in [-0.39, 0.29) is 0 Å². The summed E-state index contributed by atoms with van der Waals surface area (Å²) < 4.78 is 0. The Morgan fingerprint density at radius 2 is 2.29 bits per heavy atom. The van der Waals surface area contributed by atoms with Gasteiger partial charge >= 0.3 is 0 Å². The van der Waals surface area contributed by atoms with Gasteiger partial charge in [-0.15, -0.1) is 0 Å². The fourth-order valence-corrected chi connectivity index (χ4v) is 2.83. The lowest BCUT2D eigenvalue weighted by molar-refractivity contribution is 0.290. The van der Waals surface area contributed by atoms with Crippen LogP contribution in [0, 0.1) is 5.41 Å². The number of hydrogen-bond acceptors (Lipinski definition) is 3. The maximum absolute atomic E-state index is 5.80. The molecule has 17 heavy (non-hydrogen) atoms. The largest absolute Gasteiger partial charge is 0.369 e. The van der Waals surface area contributed by atoms with E-state index in [4.69, 9.17) is 11.6 Å². The Morgan fingerprint density at radius 1 is 1.41 bits per heavy atom. The fraction of sp³-hybridized carbons (Fsp3) is 0.615. The molecule has 1 unspecified atom stereocenters. The molecule has 1 aliphatic carbocycles. The van der Waals surface area contributed by atoms with Gasteiger partial charge in [0.25, 0.3) is 0 Å². The van der Waals surface area contributed by atoms with E-state index in [2.05, 4.69) is 15.6 Å². The predicted molar refractivity (Wildman–Crippen MR) is 70.4 cm³/mol. The average Bonchev–Trinajstić information content (AvgIpc) is 3.08. The Balaban J connectivity index is 1.52. The molecule has 2 aliphatic rings. The summed E-state index contributed by atoms with van der Waals surface area (Å²) >= 11 is 5.80. The Kier molecular flexibility index (Phi) is 2.97. The third-order valence-electron chi connectivity index (χ3n) is 3.98. The molecule has 1 saturated heterocycles. The van der Waals surface area contributed by atoms with E-state index >= 15 is 0 Å². The first-order valence-corrected chi connectivity index (χ1v) is 6.72. The molecule has 1 aromatic heterocycles. The molecule has 1 aromatic rings. The summed E-state index contributed by atoms with van der Waals surface area (Å²) in [5.74, 6) is 0.909. The van der Waals surface area contributed by atoms with Crippen molar-refractivity contribution in [2.45, 2.75) is 31.7 Å². The maximum atomic E-state index is 5.80. The van der Waals surface area contributed by atoms with Crippen LogP contribution in [-0.4, -0.2) is 24.1 Å². The molecule has 0 amide bonds. The second kappa shape index (κ2) is 4.46. The molecule has 4 heteroatoms. The number of halogens is 1. The van der Waals surface area contributed by atoms with Crippen LogP contribution in [0.3, 0.4) is 0 Å². The van der Waals surface area contributed by atoms with Crippen molar-refractivity contribution in [3.05, 3.63) is 23.4 Å². The zero-order valence-electron chi connectivity index (χ0n) is 9.88. The molecule has 3 rings (SSSR count). The highest BCUT2D eigenvalue weighted by molar-refractivity contribution is 6.30. The van der Waals surface area contributed by atoms with E-state index in [0.29, 0.717) is 16.5 Å². The van der Waals surface area contributed by atoms with Crippen LogP contribution in [0.1, 0.15) is 25.7 Å². The van der Waals surface area contributed by atoms with Gasteiger partial charge in [0.05, 0.1) is 5.02 Å². The highest BCUT2D eigenvalue weighted by Crippen LogP contribution is 2.53. The van der Waals surface area contributed by atoms with E-state index in [0.717, 1.165) is 12.4 Å². The van der Waals surface area contributed by atoms with E-state index in [1.54, 1.807) is 6.20 Å². The molecule has 1 atom stereocenters. The Labute approximate surface area is 107 Å².